The highest BCUT2D eigenvalue weighted by molar-refractivity contribution is 5.93. The third-order valence-corrected chi connectivity index (χ3v) is 7.16. The molecule has 0 bridgehead atoms. The Morgan fingerprint density at radius 1 is 0.941 bits per heavy atom. The van der Waals surface area contributed by atoms with Gasteiger partial charge in [0.05, 0.1) is 6.67 Å². The SMILES string of the molecule is CC(C)c1ccccc1Oc1cccc(CN2CCC3(CC2)C(=O)NCN3c2ccccc2)c1. The number of hydrogen-bond acceptors (Lipinski definition) is 4. The van der Waals surface area contributed by atoms with Crippen LogP contribution < -0.4 is 15.0 Å². The first kappa shape index (κ1) is 22.5. The summed E-state index contributed by atoms with van der Waals surface area (Å²) in [6, 6.07) is 26.9. The lowest BCUT2D eigenvalue weighted by Crippen LogP contribution is -2.56. The van der Waals surface area contributed by atoms with E-state index in [9.17, 15) is 4.79 Å². The zero-order valence-corrected chi connectivity index (χ0v) is 20.0. The van der Waals surface area contributed by atoms with Gasteiger partial charge in [0, 0.05) is 25.3 Å². The van der Waals surface area contributed by atoms with Gasteiger partial charge in [-0.2, -0.15) is 0 Å². The van der Waals surface area contributed by atoms with E-state index in [4.69, 9.17) is 4.74 Å². The summed E-state index contributed by atoms with van der Waals surface area (Å²) in [7, 11) is 0. The molecule has 0 radical (unpaired) electrons. The molecule has 1 amide bonds. The van der Waals surface area contributed by atoms with Gasteiger partial charge in [0.15, 0.2) is 0 Å². The average molecular weight is 456 g/mol. The van der Waals surface area contributed by atoms with Crippen molar-refractivity contribution in [3.05, 3.63) is 90.0 Å². The molecule has 2 heterocycles. The average Bonchev–Trinajstić information content (AvgIpc) is 3.17. The highest BCUT2D eigenvalue weighted by atomic mass is 16.5. The summed E-state index contributed by atoms with van der Waals surface area (Å²) in [5.41, 5.74) is 3.11. The van der Waals surface area contributed by atoms with Gasteiger partial charge in [-0.05, 0) is 60.2 Å². The summed E-state index contributed by atoms with van der Waals surface area (Å²) in [4.78, 5) is 17.6. The molecule has 2 aliphatic rings. The van der Waals surface area contributed by atoms with Crippen LogP contribution in [0.3, 0.4) is 0 Å². The van der Waals surface area contributed by atoms with E-state index in [-0.39, 0.29) is 5.91 Å². The van der Waals surface area contributed by atoms with Crippen molar-refractivity contribution in [2.24, 2.45) is 0 Å². The first-order chi connectivity index (χ1) is 16.5. The second kappa shape index (κ2) is 9.51. The van der Waals surface area contributed by atoms with Crippen LogP contribution in [0, 0.1) is 0 Å². The first-order valence-electron chi connectivity index (χ1n) is 12.2. The van der Waals surface area contributed by atoms with Gasteiger partial charge in [-0.3, -0.25) is 9.69 Å². The molecule has 3 aromatic carbocycles. The molecule has 0 aliphatic carbocycles. The predicted molar refractivity (Wildman–Crippen MR) is 136 cm³/mol. The van der Waals surface area contributed by atoms with Crippen molar-refractivity contribution >= 4 is 11.6 Å². The van der Waals surface area contributed by atoms with Crippen LogP contribution in [0.4, 0.5) is 5.69 Å². The van der Waals surface area contributed by atoms with Crippen molar-refractivity contribution in [1.82, 2.24) is 10.2 Å². The highest BCUT2D eigenvalue weighted by Gasteiger charge is 2.50. The summed E-state index contributed by atoms with van der Waals surface area (Å²) in [5, 5.41) is 3.09. The van der Waals surface area contributed by atoms with Crippen LogP contribution in [0.15, 0.2) is 78.9 Å². The minimum absolute atomic E-state index is 0.162. The van der Waals surface area contributed by atoms with Crippen LogP contribution in [0.25, 0.3) is 0 Å². The Bertz CT molecular complexity index is 1140. The fraction of sp³-hybridized carbons (Fsp3) is 0.345. The topological polar surface area (TPSA) is 44.8 Å². The molecule has 0 saturated carbocycles. The summed E-state index contributed by atoms with van der Waals surface area (Å²) in [6.07, 6.45) is 1.65. The molecule has 3 aromatic rings. The number of likely N-dealkylation sites (tertiary alicyclic amines) is 1. The van der Waals surface area contributed by atoms with Gasteiger partial charge in [-0.15, -0.1) is 0 Å². The monoisotopic (exact) mass is 455 g/mol. The van der Waals surface area contributed by atoms with Gasteiger partial charge >= 0.3 is 0 Å². The maximum atomic E-state index is 12.9. The molecular weight excluding hydrogens is 422 g/mol. The van der Waals surface area contributed by atoms with Gasteiger partial charge < -0.3 is 15.0 Å². The standard InChI is InChI=1S/C29H33N3O2/c1-22(2)26-13-6-7-14-27(26)34-25-12-8-9-23(19-25)20-31-17-15-29(16-18-31)28(33)30-21-32(29)24-10-4-3-5-11-24/h3-14,19,22H,15-18,20-21H2,1-2H3,(H,30,33). The number of carbonyl (C=O) groups is 1. The number of ether oxygens (including phenoxy) is 1. The van der Waals surface area contributed by atoms with Crippen LogP contribution in [-0.2, 0) is 11.3 Å². The Labute approximate surface area is 202 Å². The van der Waals surface area contributed by atoms with Crippen molar-refractivity contribution in [3.63, 3.8) is 0 Å². The number of benzene rings is 3. The lowest BCUT2D eigenvalue weighted by atomic mass is 9.85. The zero-order chi connectivity index (χ0) is 23.5. The third-order valence-electron chi connectivity index (χ3n) is 7.16. The fourth-order valence-corrected chi connectivity index (χ4v) is 5.26. The van der Waals surface area contributed by atoms with E-state index in [0.717, 1.165) is 49.7 Å². The van der Waals surface area contributed by atoms with E-state index in [1.807, 2.05) is 36.4 Å². The molecule has 5 nitrogen and oxygen atoms in total. The molecule has 34 heavy (non-hydrogen) atoms. The normalized spacial score (nSPS) is 17.9. The molecule has 1 N–H and O–H groups in total. The third kappa shape index (κ3) is 4.40. The maximum absolute atomic E-state index is 12.9. The summed E-state index contributed by atoms with van der Waals surface area (Å²) in [5.74, 6) is 2.35. The number of amides is 1. The van der Waals surface area contributed by atoms with Crippen LogP contribution >= 0.6 is 0 Å². The van der Waals surface area contributed by atoms with E-state index >= 15 is 0 Å². The number of piperidine rings is 1. The number of carbonyl (C=O) groups excluding carboxylic acids is 1. The Balaban J connectivity index is 1.25. The molecule has 2 aliphatic heterocycles. The minimum Gasteiger partial charge on any atom is -0.457 e. The van der Waals surface area contributed by atoms with Gasteiger partial charge in [0.2, 0.25) is 5.91 Å². The summed E-state index contributed by atoms with van der Waals surface area (Å²) >= 11 is 0. The Morgan fingerprint density at radius 3 is 2.44 bits per heavy atom. The second-order valence-corrected chi connectivity index (χ2v) is 9.68. The number of para-hydroxylation sites is 2. The Kier molecular flexibility index (Phi) is 6.29. The molecule has 2 saturated heterocycles. The van der Waals surface area contributed by atoms with E-state index in [0.29, 0.717) is 12.6 Å². The molecular formula is C29H33N3O2. The Hall–Kier alpha value is -3.31. The molecule has 176 valence electrons. The molecule has 0 atom stereocenters. The van der Waals surface area contributed by atoms with Gasteiger partial charge in [0.25, 0.3) is 0 Å². The summed E-state index contributed by atoms with van der Waals surface area (Å²) < 4.78 is 6.28. The van der Waals surface area contributed by atoms with Crippen LogP contribution in [0.2, 0.25) is 0 Å². The summed E-state index contributed by atoms with van der Waals surface area (Å²) in [6.45, 7) is 7.58. The minimum atomic E-state index is -0.441. The van der Waals surface area contributed by atoms with Crippen LogP contribution in [-0.4, -0.2) is 36.1 Å². The van der Waals surface area contributed by atoms with Crippen molar-refractivity contribution < 1.29 is 9.53 Å². The van der Waals surface area contributed by atoms with Crippen molar-refractivity contribution in [3.8, 4) is 11.5 Å². The molecule has 0 unspecified atom stereocenters. The number of rotatable bonds is 6. The quantitative estimate of drug-likeness (QED) is 0.531. The molecule has 1 spiro atoms. The lowest BCUT2D eigenvalue weighted by molar-refractivity contribution is -0.125. The lowest BCUT2D eigenvalue weighted by Gasteiger charge is -2.43. The predicted octanol–water partition coefficient (Wildman–Crippen LogP) is 5.53. The first-order valence-corrected chi connectivity index (χ1v) is 12.2. The highest BCUT2D eigenvalue weighted by Crippen LogP contribution is 2.37. The second-order valence-electron chi connectivity index (χ2n) is 9.68. The van der Waals surface area contributed by atoms with Gasteiger partial charge in [0.1, 0.15) is 17.0 Å². The van der Waals surface area contributed by atoms with E-state index in [1.54, 1.807) is 0 Å². The van der Waals surface area contributed by atoms with Crippen LogP contribution in [0.1, 0.15) is 43.7 Å². The largest absolute Gasteiger partial charge is 0.457 e. The molecule has 5 rings (SSSR count). The number of anilines is 1. The molecule has 0 aromatic heterocycles. The number of nitrogens with zero attached hydrogens (tertiary/aromatic N) is 2. The van der Waals surface area contributed by atoms with E-state index in [1.165, 1.54) is 11.1 Å². The maximum Gasteiger partial charge on any atom is 0.247 e. The van der Waals surface area contributed by atoms with Crippen LogP contribution in [0.5, 0.6) is 11.5 Å². The number of hydrogen-bond donors (Lipinski definition) is 1. The molecule has 2 fully saturated rings. The van der Waals surface area contributed by atoms with Crippen molar-refractivity contribution in [2.75, 3.05) is 24.7 Å². The van der Waals surface area contributed by atoms with Gasteiger partial charge in [-0.25, -0.2) is 0 Å². The fourth-order valence-electron chi connectivity index (χ4n) is 5.26. The smallest absolute Gasteiger partial charge is 0.247 e. The van der Waals surface area contributed by atoms with E-state index < -0.39 is 5.54 Å². The zero-order valence-electron chi connectivity index (χ0n) is 20.0. The van der Waals surface area contributed by atoms with Crippen molar-refractivity contribution in [2.45, 2.75) is 44.7 Å². The van der Waals surface area contributed by atoms with Crippen molar-refractivity contribution in [1.29, 1.82) is 0 Å². The number of nitrogens with one attached hydrogen (secondary N) is 1. The Morgan fingerprint density at radius 2 is 1.68 bits per heavy atom. The van der Waals surface area contributed by atoms with E-state index in [2.05, 4.69) is 71.4 Å². The van der Waals surface area contributed by atoms with Gasteiger partial charge in [-0.1, -0.05) is 62.4 Å². The molecule has 5 heteroatoms.